The molecule has 0 aliphatic heterocycles. The van der Waals surface area contributed by atoms with Gasteiger partial charge in [-0.2, -0.15) is 0 Å². The molecular formula is C5H14NO4P. The minimum atomic E-state index is -4.25. The van der Waals surface area contributed by atoms with Gasteiger partial charge in [0.25, 0.3) is 0 Å². The van der Waals surface area contributed by atoms with Crippen LogP contribution in [0, 0.1) is 5.92 Å². The van der Waals surface area contributed by atoms with Crippen LogP contribution in [0.25, 0.3) is 0 Å². The van der Waals surface area contributed by atoms with E-state index in [2.05, 4.69) is 0 Å². The molecule has 0 rings (SSSR count). The van der Waals surface area contributed by atoms with Gasteiger partial charge < -0.3 is 20.6 Å². The third kappa shape index (κ3) is 3.31. The molecule has 0 bridgehead atoms. The fraction of sp³-hybridized carbons (Fsp3) is 1.00. The van der Waals surface area contributed by atoms with Crippen LogP contribution < -0.4 is 5.73 Å². The van der Waals surface area contributed by atoms with Crippen LogP contribution in [0.2, 0.25) is 0 Å². The largest absolute Gasteiger partial charge is 0.393 e. The summed E-state index contributed by atoms with van der Waals surface area (Å²) < 4.78 is 10.5. The fourth-order valence-electron chi connectivity index (χ4n) is 0.592. The maximum absolute atomic E-state index is 10.5. The van der Waals surface area contributed by atoms with Crippen molar-refractivity contribution in [1.82, 2.24) is 0 Å². The lowest BCUT2D eigenvalue weighted by Gasteiger charge is -2.22. The van der Waals surface area contributed by atoms with E-state index in [0.29, 0.717) is 0 Å². The summed E-state index contributed by atoms with van der Waals surface area (Å²) in [5.74, 6) is -1.88. The molecule has 0 aromatic heterocycles. The Balaban J connectivity index is 4.26. The first-order valence-corrected chi connectivity index (χ1v) is 4.94. The van der Waals surface area contributed by atoms with E-state index in [9.17, 15) is 4.57 Å². The lowest BCUT2D eigenvalue weighted by molar-refractivity contribution is 0.127. The number of nitrogens with two attached hydrogens (primary N) is 1. The summed E-state index contributed by atoms with van der Waals surface area (Å²) >= 11 is 0. The van der Waals surface area contributed by atoms with E-state index >= 15 is 0 Å². The molecule has 0 aliphatic carbocycles. The van der Waals surface area contributed by atoms with Crippen LogP contribution in [0.5, 0.6) is 0 Å². The summed E-state index contributed by atoms with van der Waals surface area (Å²) in [6.07, 6.45) is -0.808. The molecule has 3 atom stereocenters. The second kappa shape index (κ2) is 3.65. The van der Waals surface area contributed by atoms with Crippen molar-refractivity contribution in [2.24, 2.45) is 11.7 Å². The van der Waals surface area contributed by atoms with Crippen molar-refractivity contribution < 1.29 is 19.5 Å². The van der Waals surface area contributed by atoms with Gasteiger partial charge in [-0.05, 0) is 6.92 Å². The topological polar surface area (TPSA) is 104 Å². The number of aliphatic hydroxyl groups is 1. The van der Waals surface area contributed by atoms with E-state index in [1.54, 1.807) is 0 Å². The van der Waals surface area contributed by atoms with Crippen LogP contribution in [0.4, 0.5) is 0 Å². The highest BCUT2D eigenvalue weighted by Crippen LogP contribution is 2.42. The molecule has 11 heavy (non-hydrogen) atoms. The van der Waals surface area contributed by atoms with E-state index in [0.717, 1.165) is 0 Å². The molecule has 0 saturated heterocycles. The molecule has 6 heteroatoms. The molecule has 0 fully saturated rings. The lowest BCUT2D eigenvalue weighted by Crippen LogP contribution is -2.34. The van der Waals surface area contributed by atoms with E-state index in [1.165, 1.54) is 13.8 Å². The Labute approximate surface area is 65.4 Å². The first-order valence-electron chi connectivity index (χ1n) is 3.25. The molecule has 0 saturated carbocycles. The SMILES string of the molecule is C[C@@H]([C@H](C)O)[C@@H](N)P(=O)(O)O. The van der Waals surface area contributed by atoms with Crippen LogP contribution in [0.1, 0.15) is 13.8 Å². The van der Waals surface area contributed by atoms with Crippen LogP contribution in [-0.2, 0) is 4.57 Å². The Morgan fingerprint density at radius 2 is 1.73 bits per heavy atom. The van der Waals surface area contributed by atoms with Crippen molar-refractivity contribution in [1.29, 1.82) is 0 Å². The summed E-state index contributed by atoms with van der Waals surface area (Å²) in [5, 5.41) is 8.93. The zero-order valence-electron chi connectivity index (χ0n) is 6.51. The Hall–Kier alpha value is 0.0700. The molecule has 0 radical (unpaired) electrons. The van der Waals surface area contributed by atoms with E-state index < -0.39 is 25.4 Å². The van der Waals surface area contributed by atoms with Crippen LogP contribution in [0.3, 0.4) is 0 Å². The molecular weight excluding hydrogens is 169 g/mol. The number of rotatable bonds is 3. The second-order valence-electron chi connectivity index (χ2n) is 2.68. The van der Waals surface area contributed by atoms with Gasteiger partial charge >= 0.3 is 7.60 Å². The van der Waals surface area contributed by atoms with Crippen molar-refractivity contribution >= 4 is 7.60 Å². The summed E-state index contributed by atoms with van der Waals surface area (Å²) in [6, 6.07) is 0. The molecule has 0 heterocycles. The fourth-order valence-corrected chi connectivity index (χ4v) is 1.45. The van der Waals surface area contributed by atoms with Gasteiger partial charge in [0, 0.05) is 5.92 Å². The Bertz CT molecular complexity index is 166. The van der Waals surface area contributed by atoms with Crippen LogP contribution in [-0.4, -0.2) is 26.8 Å². The highest BCUT2D eigenvalue weighted by atomic mass is 31.2. The molecule has 0 aliphatic rings. The van der Waals surface area contributed by atoms with Gasteiger partial charge in [-0.3, -0.25) is 4.57 Å². The Kier molecular flexibility index (Phi) is 3.67. The van der Waals surface area contributed by atoms with Crippen molar-refractivity contribution in [3.63, 3.8) is 0 Å². The van der Waals surface area contributed by atoms with Gasteiger partial charge in [-0.25, -0.2) is 0 Å². The minimum Gasteiger partial charge on any atom is -0.393 e. The number of hydrogen-bond donors (Lipinski definition) is 4. The molecule has 0 unspecified atom stereocenters. The predicted molar refractivity (Wildman–Crippen MR) is 40.9 cm³/mol. The number of hydrogen-bond acceptors (Lipinski definition) is 3. The molecule has 0 spiro atoms. The van der Waals surface area contributed by atoms with Gasteiger partial charge in [0.2, 0.25) is 0 Å². The zero-order chi connectivity index (χ0) is 9.23. The van der Waals surface area contributed by atoms with Crippen molar-refractivity contribution in [3.8, 4) is 0 Å². The Morgan fingerprint density at radius 3 is 1.82 bits per heavy atom. The van der Waals surface area contributed by atoms with Gasteiger partial charge in [0.1, 0.15) is 5.78 Å². The molecule has 0 aromatic carbocycles. The van der Waals surface area contributed by atoms with Crippen molar-refractivity contribution in [2.45, 2.75) is 25.7 Å². The first-order chi connectivity index (χ1) is 4.76. The monoisotopic (exact) mass is 183 g/mol. The summed E-state index contributed by atoms with van der Waals surface area (Å²) in [5.41, 5.74) is 5.17. The molecule has 0 amide bonds. The van der Waals surface area contributed by atoms with E-state index in [4.69, 9.17) is 20.6 Å². The first kappa shape index (κ1) is 11.1. The maximum atomic E-state index is 10.5. The van der Waals surface area contributed by atoms with Gasteiger partial charge in [0.05, 0.1) is 6.10 Å². The smallest absolute Gasteiger partial charge is 0.342 e. The Morgan fingerprint density at radius 1 is 1.36 bits per heavy atom. The molecule has 5 nitrogen and oxygen atoms in total. The zero-order valence-corrected chi connectivity index (χ0v) is 7.40. The second-order valence-corrected chi connectivity index (χ2v) is 4.45. The van der Waals surface area contributed by atoms with E-state index in [1.807, 2.05) is 0 Å². The van der Waals surface area contributed by atoms with Crippen molar-refractivity contribution in [3.05, 3.63) is 0 Å². The molecule has 0 aromatic rings. The van der Waals surface area contributed by atoms with Crippen molar-refractivity contribution in [2.75, 3.05) is 0 Å². The van der Waals surface area contributed by atoms with Gasteiger partial charge in [-0.15, -0.1) is 0 Å². The summed E-state index contributed by atoms with van der Waals surface area (Å²) in [4.78, 5) is 17.2. The van der Waals surface area contributed by atoms with E-state index in [-0.39, 0.29) is 0 Å². The summed E-state index contributed by atoms with van der Waals surface area (Å²) in [6.45, 7) is 2.94. The number of aliphatic hydroxyl groups excluding tert-OH is 1. The highest BCUT2D eigenvalue weighted by molar-refractivity contribution is 7.52. The maximum Gasteiger partial charge on any atom is 0.342 e. The highest BCUT2D eigenvalue weighted by Gasteiger charge is 2.32. The normalized spacial score (nSPS) is 20.9. The van der Waals surface area contributed by atoms with Gasteiger partial charge in [-0.1, -0.05) is 6.92 Å². The van der Waals surface area contributed by atoms with Crippen LogP contribution >= 0.6 is 7.60 Å². The third-order valence-electron chi connectivity index (χ3n) is 1.69. The third-order valence-corrected chi connectivity index (χ3v) is 2.94. The summed E-state index contributed by atoms with van der Waals surface area (Å²) in [7, 11) is -4.25. The molecule has 5 N–H and O–H groups in total. The average Bonchev–Trinajstić information content (AvgIpc) is 1.82. The average molecular weight is 183 g/mol. The molecule has 68 valence electrons. The quantitative estimate of drug-likeness (QED) is 0.440. The minimum absolute atomic E-state index is 0.601. The lowest BCUT2D eigenvalue weighted by atomic mass is 10.1. The standard InChI is InChI=1S/C5H14NO4P/c1-3(4(2)7)5(6)11(8,9)10/h3-5,7H,6H2,1-2H3,(H2,8,9,10)/t3-,4-,5-/m0/s1. The van der Waals surface area contributed by atoms with Gasteiger partial charge in [0.15, 0.2) is 0 Å². The van der Waals surface area contributed by atoms with Crippen LogP contribution in [0.15, 0.2) is 0 Å². The predicted octanol–water partition coefficient (Wildman–Crippen LogP) is -0.534.